The smallest absolute Gasteiger partial charge is 0.462 e. The molecule has 0 radical (unpaired) electrons. The van der Waals surface area contributed by atoms with Gasteiger partial charge >= 0.3 is 19.8 Å². The molecule has 0 saturated carbocycles. The molecule has 49 heavy (non-hydrogen) atoms. The first-order valence-corrected chi connectivity index (χ1v) is 20.9. The molecule has 2 unspecified atom stereocenters. The second-order valence-corrected chi connectivity index (χ2v) is 14.0. The van der Waals surface area contributed by atoms with Gasteiger partial charge in [-0.15, -0.1) is 0 Å². The average molecular weight is 711 g/mol. The maximum absolute atomic E-state index is 12.5. The van der Waals surface area contributed by atoms with Crippen LogP contribution in [-0.4, -0.2) is 42.8 Å². The molecule has 0 bridgehead atoms. The molecule has 0 aromatic rings. The van der Waals surface area contributed by atoms with Gasteiger partial charge in [0.25, 0.3) is 0 Å². The number of allylic oxidation sites excluding steroid dienone is 8. The van der Waals surface area contributed by atoms with E-state index in [1.165, 1.54) is 57.8 Å². The van der Waals surface area contributed by atoms with Gasteiger partial charge in [0.05, 0.1) is 13.2 Å². The lowest BCUT2D eigenvalue weighted by Gasteiger charge is -2.19. The first-order chi connectivity index (χ1) is 23.8. The van der Waals surface area contributed by atoms with Crippen molar-refractivity contribution in [1.29, 1.82) is 0 Å². The molecule has 0 saturated heterocycles. The van der Waals surface area contributed by atoms with E-state index in [4.69, 9.17) is 18.5 Å². The first-order valence-electron chi connectivity index (χ1n) is 19.4. The van der Waals surface area contributed by atoms with E-state index >= 15 is 0 Å². The van der Waals surface area contributed by atoms with Crippen LogP contribution in [0.4, 0.5) is 0 Å². The maximum Gasteiger partial charge on any atom is 0.472 e. The lowest BCUT2D eigenvalue weighted by atomic mass is 10.0. The molecule has 0 amide bonds. The fourth-order valence-corrected chi connectivity index (χ4v) is 5.85. The summed E-state index contributed by atoms with van der Waals surface area (Å²) in [5.41, 5.74) is 0. The molecular weight excluding hydrogens is 639 g/mol. The summed E-state index contributed by atoms with van der Waals surface area (Å²) in [7, 11) is -4.28. The zero-order valence-electron chi connectivity index (χ0n) is 31.3. The van der Waals surface area contributed by atoms with Crippen LogP contribution in [0, 0.1) is 0 Å². The Labute approximate surface area is 299 Å². The lowest BCUT2D eigenvalue weighted by molar-refractivity contribution is -0.161. The molecule has 8 nitrogen and oxygen atoms in total. The summed E-state index contributed by atoms with van der Waals surface area (Å²) in [6.45, 7) is 5.31. The summed E-state index contributed by atoms with van der Waals surface area (Å²) in [5.74, 6) is -0.827. The van der Waals surface area contributed by atoms with E-state index in [9.17, 15) is 19.0 Å². The van der Waals surface area contributed by atoms with Crippen LogP contribution in [-0.2, 0) is 32.7 Å². The van der Waals surface area contributed by atoms with Crippen LogP contribution in [0.15, 0.2) is 48.6 Å². The molecule has 0 aromatic carbocycles. The number of phosphoric ester groups is 1. The van der Waals surface area contributed by atoms with Crippen molar-refractivity contribution >= 4 is 19.8 Å². The summed E-state index contributed by atoms with van der Waals surface area (Å²) in [5, 5.41) is 0. The minimum Gasteiger partial charge on any atom is -0.462 e. The molecule has 0 heterocycles. The first kappa shape index (κ1) is 47.0. The summed E-state index contributed by atoms with van der Waals surface area (Å²) >= 11 is 0. The third-order valence-corrected chi connectivity index (χ3v) is 8.96. The minimum absolute atomic E-state index is 0.00541. The van der Waals surface area contributed by atoms with Crippen LogP contribution in [0.5, 0.6) is 0 Å². The van der Waals surface area contributed by atoms with Gasteiger partial charge in [0.2, 0.25) is 0 Å². The summed E-state index contributed by atoms with van der Waals surface area (Å²) in [6.07, 6.45) is 40.2. The number of ether oxygens (including phenoxy) is 2. The van der Waals surface area contributed by atoms with Crippen molar-refractivity contribution in [2.24, 2.45) is 0 Å². The van der Waals surface area contributed by atoms with E-state index in [0.717, 1.165) is 70.6 Å². The van der Waals surface area contributed by atoms with Gasteiger partial charge in [0.15, 0.2) is 6.10 Å². The molecule has 284 valence electrons. The van der Waals surface area contributed by atoms with Crippen molar-refractivity contribution in [3.05, 3.63) is 48.6 Å². The number of esters is 2. The number of unbranched alkanes of at least 4 members (excludes halogenated alkanes) is 15. The zero-order chi connectivity index (χ0) is 36.1. The Balaban J connectivity index is 4.19. The van der Waals surface area contributed by atoms with E-state index in [0.29, 0.717) is 6.42 Å². The van der Waals surface area contributed by atoms with Crippen LogP contribution in [0.1, 0.15) is 168 Å². The molecule has 0 rings (SSSR count). The zero-order valence-corrected chi connectivity index (χ0v) is 32.2. The quantitative estimate of drug-likeness (QED) is 0.0300. The Morgan fingerprint density at radius 3 is 1.57 bits per heavy atom. The number of hydrogen-bond acceptors (Lipinski definition) is 7. The van der Waals surface area contributed by atoms with E-state index in [1.807, 2.05) is 0 Å². The van der Waals surface area contributed by atoms with Gasteiger partial charge in [-0.1, -0.05) is 146 Å². The lowest BCUT2D eigenvalue weighted by Crippen LogP contribution is -2.29. The van der Waals surface area contributed by atoms with E-state index in [1.54, 1.807) is 6.92 Å². The highest BCUT2D eigenvalue weighted by molar-refractivity contribution is 7.47. The molecule has 0 aliphatic rings. The van der Waals surface area contributed by atoms with Gasteiger partial charge < -0.3 is 14.4 Å². The molecule has 0 aliphatic carbocycles. The van der Waals surface area contributed by atoms with Crippen molar-refractivity contribution < 1.29 is 37.6 Å². The number of phosphoric acid groups is 1. The Kier molecular flexibility index (Phi) is 34.4. The molecule has 1 N–H and O–H groups in total. The number of rotatable bonds is 35. The van der Waals surface area contributed by atoms with Gasteiger partial charge in [-0.2, -0.15) is 0 Å². The topological polar surface area (TPSA) is 108 Å². The van der Waals surface area contributed by atoms with Gasteiger partial charge in [0.1, 0.15) is 6.61 Å². The predicted molar refractivity (Wildman–Crippen MR) is 202 cm³/mol. The SMILES string of the molecule is CC/C=C\C/C=C\C/C=C\C/C=C\CCCCCCC(=O)OC(COC(=O)CCCCCCCCCCCCCC)COP(=O)(O)OCC. The fraction of sp³-hybridized carbons (Fsp3) is 0.750. The van der Waals surface area contributed by atoms with Crippen LogP contribution >= 0.6 is 7.82 Å². The Morgan fingerprint density at radius 1 is 0.571 bits per heavy atom. The molecule has 0 aromatic heterocycles. The van der Waals surface area contributed by atoms with Crippen LogP contribution in [0.3, 0.4) is 0 Å². The second kappa shape index (κ2) is 35.8. The van der Waals surface area contributed by atoms with Crippen LogP contribution in [0.25, 0.3) is 0 Å². The fourth-order valence-electron chi connectivity index (χ4n) is 5.09. The minimum atomic E-state index is -4.28. The van der Waals surface area contributed by atoms with E-state index < -0.39 is 26.5 Å². The van der Waals surface area contributed by atoms with Gasteiger partial charge in [-0.05, 0) is 58.3 Å². The molecule has 0 fully saturated rings. The monoisotopic (exact) mass is 710 g/mol. The highest BCUT2D eigenvalue weighted by atomic mass is 31.2. The van der Waals surface area contributed by atoms with Gasteiger partial charge in [-0.3, -0.25) is 18.6 Å². The van der Waals surface area contributed by atoms with Gasteiger partial charge in [0, 0.05) is 12.8 Å². The van der Waals surface area contributed by atoms with Crippen LogP contribution in [0.2, 0.25) is 0 Å². The summed E-state index contributed by atoms with van der Waals surface area (Å²) in [4.78, 5) is 34.6. The van der Waals surface area contributed by atoms with E-state index in [2.05, 4.69) is 62.5 Å². The van der Waals surface area contributed by atoms with Crippen molar-refractivity contribution in [2.75, 3.05) is 19.8 Å². The van der Waals surface area contributed by atoms with Gasteiger partial charge in [-0.25, -0.2) is 4.57 Å². The van der Waals surface area contributed by atoms with E-state index in [-0.39, 0.29) is 32.0 Å². The Bertz CT molecular complexity index is 943. The average Bonchev–Trinajstić information content (AvgIpc) is 3.07. The molecular formula is C40H71O8P. The normalized spacial score (nSPS) is 14.0. The van der Waals surface area contributed by atoms with Crippen molar-refractivity contribution in [3.63, 3.8) is 0 Å². The second-order valence-electron chi connectivity index (χ2n) is 12.6. The molecule has 9 heteroatoms. The van der Waals surface area contributed by atoms with Crippen LogP contribution < -0.4 is 0 Å². The molecule has 0 aliphatic heterocycles. The number of hydrogen-bond donors (Lipinski definition) is 1. The molecule has 0 spiro atoms. The predicted octanol–water partition coefficient (Wildman–Crippen LogP) is 11.8. The highest BCUT2D eigenvalue weighted by Crippen LogP contribution is 2.43. The third kappa shape index (κ3) is 35.6. The van der Waals surface area contributed by atoms with Crippen molar-refractivity contribution in [1.82, 2.24) is 0 Å². The Hall–Kier alpha value is -1.99. The number of carbonyl (C=O) groups is 2. The van der Waals surface area contributed by atoms with Crippen molar-refractivity contribution in [3.8, 4) is 0 Å². The maximum atomic E-state index is 12.5. The third-order valence-electron chi connectivity index (χ3n) is 7.90. The van der Waals surface area contributed by atoms with Crippen molar-refractivity contribution in [2.45, 2.75) is 175 Å². The molecule has 2 atom stereocenters. The number of carbonyl (C=O) groups excluding carboxylic acids is 2. The summed E-state index contributed by atoms with van der Waals surface area (Å²) in [6, 6.07) is 0. The standard InChI is InChI=1S/C40H71O8P/c1-4-7-9-11-13-15-17-19-20-21-22-23-25-27-29-31-33-35-40(42)48-38(37-47-49(43,44)46-6-3)36-45-39(41)34-32-30-28-26-24-18-16-14-12-10-8-5-2/h7,9,13,15,19-20,22-23,38H,4-6,8,10-12,14,16-18,21,24-37H2,1-3H3,(H,43,44)/b9-7-,15-13-,20-19-,23-22-. The largest absolute Gasteiger partial charge is 0.472 e. The highest BCUT2D eigenvalue weighted by Gasteiger charge is 2.25. The Morgan fingerprint density at radius 2 is 1.04 bits per heavy atom. The summed E-state index contributed by atoms with van der Waals surface area (Å²) < 4.78 is 32.5.